The van der Waals surface area contributed by atoms with Gasteiger partial charge in [-0.3, -0.25) is 14.4 Å². The fourth-order valence-corrected chi connectivity index (χ4v) is 7.16. The second-order valence-electron chi connectivity index (χ2n) is 8.84. The zero-order chi connectivity index (χ0) is 24.3. The maximum absolute atomic E-state index is 13.9. The maximum Gasteiger partial charge on any atom is 0.267 e. The molecule has 1 aromatic heterocycles. The van der Waals surface area contributed by atoms with E-state index in [0.29, 0.717) is 31.9 Å². The summed E-state index contributed by atoms with van der Waals surface area (Å²) in [5.41, 5.74) is 2.75. The summed E-state index contributed by atoms with van der Waals surface area (Å²) >= 11 is 14.1. The van der Waals surface area contributed by atoms with Crippen LogP contribution in [0.15, 0.2) is 48.5 Å². The van der Waals surface area contributed by atoms with Crippen LogP contribution >= 0.6 is 34.5 Å². The summed E-state index contributed by atoms with van der Waals surface area (Å²) in [6, 6.07) is 16.0. The standard InChI is InChI=1S/C26H19Cl2N3O3S/c27-14-10-11-17(19(28)12-14)22-21-23(34-31(22)15-6-2-1-3-7-15)25(33)30(24(21)32)26-18(13-29)16-8-4-5-9-20(16)35-26/h1-3,6-7,10-12,21-23H,4-5,8-9H2/t21-,22+,23+/m0/s1. The van der Waals surface area contributed by atoms with Crippen LogP contribution in [-0.2, 0) is 27.3 Å². The molecule has 3 aliphatic rings. The Morgan fingerprint density at radius 3 is 2.54 bits per heavy atom. The quantitative estimate of drug-likeness (QED) is 0.402. The molecule has 2 aliphatic heterocycles. The highest BCUT2D eigenvalue weighted by atomic mass is 35.5. The number of hydrogen-bond donors (Lipinski definition) is 0. The molecule has 2 amide bonds. The predicted octanol–water partition coefficient (Wildman–Crippen LogP) is 5.86. The number of benzene rings is 2. The van der Waals surface area contributed by atoms with E-state index >= 15 is 0 Å². The molecule has 0 N–H and O–H groups in total. The highest BCUT2D eigenvalue weighted by Crippen LogP contribution is 2.51. The van der Waals surface area contributed by atoms with Crippen LogP contribution in [0.2, 0.25) is 10.0 Å². The van der Waals surface area contributed by atoms with Crippen LogP contribution in [0.4, 0.5) is 10.7 Å². The van der Waals surface area contributed by atoms with Crippen molar-refractivity contribution in [3.63, 3.8) is 0 Å². The van der Waals surface area contributed by atoms with E-state index in [9.17, 15) is 14.9 Å². The number of carbonyl (C=O) groups excluding carboxylic acids is 2. The number of amides is 2. The zero-order valence-corrected chi connectivity index (χ0v) is 20.7. The van der Waals surface area contributed by atoms with Gasteiger partial charge in [0.05, 0.1) is 17.3 Å². The first kappa shape index (κ1) is 22.6. The van der Waals surface area contributed by atoms with E-state index in [1.54, 1.807) is 23.3 Å². The number of nitrogens with zero attached hydrogens (tertiary/aromatic N) is 3. The van der Waals surface area contributed by atoms with E-state index in [0.717, 1.165) is 36.1 Å². The topological polar surface area (TPSA) is 73.6 Å². The number of hydrogen-bond acceptors (Lipinski definition) is 6. The van der Waals surface area contributed by atoms with Crippen molar-refractivity contribution in [1.29, 1.82) is 5.26 Å². The van der Waals surface area contributed by atoms with Gasteiger partial charge in [-0.05, 0) is 61.1 Å². The van der Waals surface area contributed by atoms with Gasteiger partial charge in [-0.1, -0.05) is 47.5 Å². The molecule has 0 spiro atoms. The number of rotatable bonds is 3. The number of fused-ring (bicyclic) bond motifs is 2. The summed E-state index contributed by atoms with van der Waals surface area (Å²) in [5, 5.41) is 12.8. The van der Waals surface area contributed by atoms with E-state index in [-0.39, 0.29) is 5.91 Å². The van der Waals surface area contributed by atoms with Gasteiger partial charge in [-0.15, -0.1) is 11.3 Å². The first-order valence-corrected chi connectivity index (χ1v) is 12.9. The molecule has 1 aliphatic carbocycles. The van der Waals surface area contributed by atoms with Crippen LogP contribution in [0.3, 0.4) is 0 Å². The van der Waals surface area contributed by atoms with E-state index in [2.05, 4.69) is 6.07 Å². The number of imide groups is 1. The minimum atomic E-state index is -1.02. The lowest BCUT2D eigenvalue weighted by atomic mass is 9.90. The average Bonchev–Trinajstić information content (AvgIpc) is 3.50. The lowest BCUT2D eigenvalue weighted by molar-refractivity contribution is -0.126. The Labute approximate surface area is 216 Å². The van der Waals surface area contributed by atoms with Crippen LogP contribution in [0.5, 0.6) is 0 Å². The number of nitriles is 1. The van der Waals surface area contributed by atoms with Crippen LogP contribution in [0, 0.1) is 17.2 Å². The van der Waals surface area contributed by atoms with Crippen molar-refractivity contribution >= 4 is 57.0 Å². The Balaban J connectivity index is 1.46. The molecule has 176 valence electrons. The molecule has 6 nitrogen and oxygen atoms in total. The molecule has 2 aromatic carbocycles. The lowest BCUT2D eigenvalue weighted by Gasteiger charge is -2.29. The molecular weight excluding hydrogens is 505 g/mol. The van der Waals surface area contributed by atoms with Crippen molar-refractivity contribution in [1.82, 2.24) is 0 Å². The maximum atomic E-state index is 13.9. The number of hydroxylamine groups is 1. The molecular formula is C26H19Cl2N3O3S. The van der Waals surface area contributed by atoms with E-state index in [4.69, 9.17) is 28.0 Å². The second-order valence-corrected chi connectivity index (χ2v) is 10.8. The lowest BCUT2D eigenvalue weighted by Crippen LogP contribution is -2.37. The fraction of sp³-hybridized carbons (Fsp3) is 0.269. The molecule has 2 saturated heterocycles. The number of thiophene rings is 1. The first-order valence-electron chi connectivity index (χ1n) is 11.4. The molecule has 0 bridgehead atoms. The summed E-state index contributed by atoms with van der Waals surface area (Å²) in [5.74, 6) is -1.67. The highest BCUT2D eigenvalue weighted by molar-refractivity contribution is 7.17. The number of anilines is 2. The van der Waals surface area contributed by atoms with Gasteiger partial charge in [0.1, 0.15) is 17.0 Å². The van der Waals surface area contributed by atoms with Gasteiger partial charge in [0.25, 0.3) is 5.91 Å². The van der Waals surface area contributed by atoms with Crippen molar-refractivity contribution in [2.45, 2.75) is 37.8 Å². The van der Waals surface area contributed by atoms with Gasteiger partial charge >= 0.3 is 0 Å². The third-order valence-corrected chi connectivity index (χ3v) is 8.71. The summed E-state index contributed by atoms with van der Waals surface area (Å²) in [6.45, 7) is 0. The number of aryl methyl sites for hydroxylation is 1. The molecule has 0 saturated carbocycles. The molecule has 3 aromatic rings. The van der Waals surface area contributed by atoms with Gasteiger partial charge in [0.15, 0.2) is 6.10 Å². The predicted molar refractivity (Wildman–Crippen MR) is 135 cm³/mol. The SMILES string of the molecule is N#Cc1c(N2C(=O)[C@H]3[C@@H](c4ccc(Cl)cc4Cl)N(c4ccccc4)O[C@H]3C2=O)sc2c1CCCC2. The third-order valence-electron chi connectivity index (χ3n) is 6.87. The Morgan fingerprint density at radius 1 is 1.03 bits per heavy atom. The van der Waals surface area contributed by atoms with Gasteiger partial charge in [-0.2, -0.15) is 5.26 Å². The normalized spacial score (nSPS) is 23.4. The Kier molecular flexibility index (Phi) is 5.58. The minimum Gasteiger partial charge on any atom is -0.273 e. The summed E-state index contributed by atoms with van der Waals surface area (Å²) in [7, 11) is 0. The molecule has 3 heterocycles. The molecule has 6 rings (SSSR count). The van der Waals surface area contributed by atoms with E-state index < -0.39 is 24.0 Å². The highest BCUT2D eigenvalue weighted by Gasteiger charge is 2.61. The third kappa shape index (κ3) is 3.47. The molecule has 0 radical (unpaired) electrons. The summed E-state index contributed by atoms with van der Waals surface area (Å²) in [4.78, 5) is 36.1. The molecule has 35 heavy (non-hydrogen) atoms. The first-order chi connectivity index (χ1) is 17.0. The molecule has 9 heteroatoms. The monoisotopic (exact) mass is 523 g/mol. The summed E-state index contributed by atoms with van der Waals surface area (Å²) in [6.07, 6.45) is 2.66. The average molecular weight is 524 g/mol. The number of para-hydroxylation sites is 1. The van der Waals surface area contributed by atoms with E-state index in [1.807, 2.05) is 30.3 Å². The Hall–Kier alpha value is -2.89. The molecule has 3 atom stereocenters. The second kappa shape index (κ2) is 8.65. The molecule has 0 unspecified atom stereocenters. The van der Waals surface area contributed by atoms with Gasteiger partial charge < -0.3 is 0 Å². The van der Waals surface area contributed by atoms with Crippen LogP contribution < -0.4 is 9.96 Å². The van der Waals surface area contributed by atoms with Gasteiger partial charge in [-0.25, -0.2) is 9.96 Å². The summed E-state index contributed by atoms with van der Waals surface area (Å²) < 4.78 is 0. The largest absolute Gasteiger partial charge is 0.273 e. The van der Waals surface area contributed by atoms with Crippen LogP contribution in [0.1, 0.15) is 40.5 Å². The molecule has 2 fully saturated rings. The zero-order valence-electron chi connectivity index (χ0n) is 18.4. The van der Waals surface area contributed by atoms with Crippen molar-refractivity contribution in [3.05, 3.63) is 80.1 Å². The van der Waals surface area contributed by atoms with Crippen LogP contribution in [-0.4, -0.2) is 17.9 Å². The Morgan fingerprint density at radius 2 is 1.80 bits per heavy atom. The van der Waals surface area contributed by atoms with Crippen molar-refractivity contribution < 1.29 is 14.4 Å². The van der Waals surface area contributed by atoms with E-state index in [1.165, 1.54) is 16.2 Å². The Bertz CT molecular complexity index is 1400. The van der Waals surface area contributed by atoms with Gasteiger partial charge in [0, 0.05) is 14.9 Å². The minimum absolute atomic E-state index is 0.385. The fourth-order valence-electron chi connectivity index (χ4n) is 5.29. The van der Waals surface area contributed by atoms with Crippen molar-refractivity contribution in [3.8, 4) is 6.07 Å². The van der Waals surface area contributed by atoms with Crippen molar-refractivity contribution in [2.24, 2.45) is 5.92 Å². The number of carbonyl (C=O) groups is 2. The number of halogens is 2. The van der Waals surface area contributed by atoms with Crippen LogP contribution in [0.25, 0.3) is 0 Å². The smallest absolute Gasteiger partial charge is 0.267 e. The van der Waals surface area contributed by atoms with Crippen molar-refractivity contribution in [2.75, 3.05) is 9.96 Å². The van der Waals surface area contributed by atoms with Gasteiger partial charge in [0.2, 0.25) is 5.91 Å².